The monoisotopic (exact) mass is 473 g/mol. The number of rotatable bonds is 5. The van der Waals surface area contributed by atoms with Crippen LogP contribution in [0.5, 0.6) is 0 Å². The molecule has 3 heterocycles. The van der Waals surface area contributed by atoms with Gasteiger partial charge in [-0.15, -0.1) is 0 Å². The Kier molecular flexibility index (Phi) is 5.50. The second kappa shape index (κ2) is 8.70. The predicted molar refractivity (Wildman–Crippen MR) is 135 cm³/mol. The van der Waals surface area contributed by atoms with Crippen molar-refractivity contribution in [2.75, 3.05) is 22.9 Å². The van der Waals surface area contributed by atoms with Gasteiger partial charge in [0.05, 0.1) is 24.0 Å². The summed E-state index contributed by atoms with van der Waals surface area (Å²) in [6, 6.07) is 13.8. The molecule has 1 unspecified atom stereocenters. The van der Waals surface area contributed by atoms with E-state index >= 15 is 0 Å². The van der Waals surface area contributed by atoms with Gasteiger partial charge in [-0.25, -0.2) is 9.18 Å². The summed E-state index contributed by atoms with van der Waals surface area (Å²) in [6.07, 6.45) is 5.91. The molecule has 3 aliphatic rings. The lowest BCUT2D eigenvalue weighted by molar-refractivity contribution is 0.134. The van der Waals surface area contributed by atoms with Gasteiger partial charge in [0, 0.05) is 25.3 Å². The van der Waals surface area contributed by atoms with Gasteiger partial charge in [0.2, 0.25) is 0 Å². The van der Waals surface area contributed by atoms with E-state index in [-0.39, 0.29) is 23.9 Å². The van der Waals surface area contributed by atoms with Crippen molar-refractivity contribution < 1.29 is 9.18 Å². The maximum Gasteiger partial charge on any atom is 0.325 e. The number of amides is 2. The topological polar surface area (TPSA) is 55.5 Å². The Hall–Kier alpha value is -3.35. The molecule has 1 aromatic heterocycles. The van der Waals surface area contributed by atoms with Crippen molar-refractivity contribution in [1.29, 1.82) is 0 Å². The molecule has 2 amide bonds. The van der Waals surface area contributed by atoms with Gasteiger partial charge in [-0.05, 0) is 68.2 Å². The van der Waals surface area contributed by atoms with Crippen LogP contribution in [0.3, 0.4) is 0 Å². The SMILES string of the molecule is Cc1cccc(F)c1N1CCC(N2C(=O)N(Cc3ccccc3C3CC3)c3c[nH]nc3C2C)CC1. The second-order valence-electron chi connectivity index (χ2n) is 10.2. The fourth-order valence-corrected chi connectivity index (χ4v) is 6.02. The number of hydrogen-bond acceptors (Lipinski definition) is 3. The van der Waals surface area contributed by atoms with Crippen molar-refractivity contribution in [3.05, 3.63) is 76.9 Å². The Bertz CT molecular complexity index is 1220. The number of nitrogens with zero attached hydrogens (tertiary/aromatic N) is 4. The van der Waals surface area contributed by atoms with Gasteiger partial charge in [-0.1, -0.05) is 36.4 Å². The van der Waals surface area contributed by atoms with Crippen LogP contribution in [0.25, 0.3) is 0 Å². The number of aromatic amines is 1. The molecule has 182 valence electrons. The molecule has 3 aromatic rings. The lowest BCUT2D eigenvalue weighted by Gasteiger charge is -2.46. The first kappa shape index (κ1) is 22.1. The average molecular weight is 474 g/mol. The van der Waals surface area contributed by atoms with Gasteiger partial charge in [-0.3, -0.25) is 10.00 Å². The third-order valence-corrected chi connectivity index (χ3v) is 7.97. The molecule has 6 nitrogen and oxygen atoms in total. The normalized spacial score (nSPS) is 20.9. The number of piperidine rings is 1. The van der Waals surface area contributed by atoms with Gasteiger partial charge in [0.15, 0.2) is 0 Å². The summed E-state index contributed by atoms with van der Waals surface area (Å²) < 4.78 is 14.6. The minimum Gasteiger partial charge on any atom is -0.369 e. The lowest BCUT2D eigenvalue weighted by Crippen LogP contribution is -2.55. The zero-order chi connectivity index (χ0) is 24.1. The Morgan fingerprint density at radius 2 is 1.83 bits per heavy atom. The predicted octanol–water partition coefficient (Wildman–Crippen LogP) is 5.91. The largest absolute Gasteiger partial charge is 0.369 e. The first-order valence-corrected chi connectivity index (χ1v) is 12.7. The Morgan fingerprint density at radius 1 is 1.06 bits per heavy atom. The Balaban J connectivity index is 1.25. The number of aryl methyl sites for hydroxylation is 1. The highest BCUT2D eigenvalue weighted by Crippen LogP contribution is 2.43. The van der Waals surface area contributed by atoms with Crippen LogP contribution in [-0.2, 0) is 6.54 Å². The minimum absolute atomic E-state index is 0.0394. The van der Waals surface area contributed by atoms with E-state index in [4.69, 9.17) is 0 Å². The van der Waals surface area contributed by atoms with Gasteiger partial charge in [0.1, 0.15) is 11.5 Å². The first-order valence-electron chi connectivity index (χ1n) is 12.7. The van der Waals surface area contributed by atoms with Crippen LogP contribution in [0.15, 0.2) is 48.7 Å². The van der Waals surface area contributed by atoms with E-state index in [0.717, 1.165) is 42.9 Å². The summed E-state index contributed by atoms with van der Waals surface area (Å²) >= 11 is 0. The van der Waals surface area contributed by atoms with Crippen LogP contribution in [0.2, 0.25) is 0 Å². The molecule has 6 rings (SSSR count). The molecule has 1 N–H and O–H groups in total. The quantitative estimate of drug-likeness (QED) is 0.501. The van der Waals surface area contributed by atoms with Crippen molar-refractivity contribution >= 4 is 17.4 Å². The molecular formula is C28H32FN5O. The number of urea groups is 1. The van der Waals surface area contributed by atoms with Crippen LogP contribution >= 0.6 is 0 Å². The molecule has 1 atom stereocenters. The van der Waals surface area contributed by atoms with Crippen LogP contribution in [-0.4, -0.2) is 40.3 Å². The molecule has 2 aliphatic heterocycles. The van der Waals surface area contributed by atoms with Gasteiger partial charge in [-0.2, -0.15) is 5.10 Å². The van der Waals surface area contributed by atoms with Crippen LogP contribution in [0.1, 0.15) is 67.0 Å². The van der Waals surface area contributed by atoms with Crippen molar-refractivity contribution in [1.82, 2.24) is 15.1 Å². The number of benzene rings is 2. The summed E-state index contributed by atoms with van der Waals surface area (Å²) in [5, 5.41) is 7.54. The van der Waals surface area contributed by atoms with Crippen LogP contribution in [0, 0.1) is 12.7 Å². The molecule has 0 radical (unpaired) electrons. The maximum atomic E-state index is 14.6. The Morgan fingerprint density at radius 3 is 2.57 bits per heavy atom. The molecule has 0 spiro atoms. The van der Waals surface area contributed by atoms with Crippen molar-refractivity contribution in [3.8, 4) is 0 Å². The number of fused-ring (bicyclic) bond motifs is 1. The third-order valence-electron chi connectivity index (χ3n) is 7.97. The number of hydrogen-bond donors (Lipinski definition) is 1. The fourth-order valence-electron chi connectivity index (χ4n) is 6.02. The summed E-state index contributed by atoms with van der Waals surface area (Å²) in [6.45, 7) is 6.02. The Labute approximate surface area is 205 Å². The van der Waals surface area contributed by atoms with Crippen molar-refractivity contribution in [3.63, 3.8) is 0 Å². The van der Waals surface area contributed by atoms with Crippen molar-refractivity contribution in [2.45, 2.75) is 64.1 Å². The highest BCUT2D eigenvalue weighted by Gasteiger charge is 2.42. The molecule has 0 bridgehead atoms. The second-order valence-corrected chi connectivity index (χ2v) is 10.2. The highest BCUT2D eigenvalue weighted by molar-refractivity contribution is 5.95. The molecule has 7 heteroatoms. The van der Waals surface area contributed by atoms with E-state index in [0.29, 0.717) is 18.2 Å². The maximum absolute atomic E-state index is 14.6. The number of halogens is 1. The number of aromatic nitrogens is 2. The molecule has 35 heavy (non-hydrogen) atoms. The fraction of sp³-hybridized carbons (Fsp3) is 0.429. The van der Waals surface area contributed by atoms with Crippen LogP contribution in [0.4, 0.5) is 20.6 Å². The molecular weight excluding hydrogens is 441 g/mol. The number of para-hydroxylation sites is 1. The van der Waals surface area contributed by atoms with E-state index in [9.17, 15) is 9.18 Å². The number of nitrogens with one attached hydrogen (secondary N) is 1. The van der Waals surface area contributed by atoms with E-state index in [1.54, 1.807) is 6.07 Å². The number of carbonyl (C=O) groups is 1. The number of H-pyrrole nitrogens is 1. The lowest BCUT2D eigenvalue weighted by atomic mass is 9.97. The van der Waals surface area contributed by atoms with Gasteiger partial charge >= 0.3 is 6.03 Å². The zero-order valence-electron chi connectivity index (χ0n) is 20.4. The van der Waals surface area contributed by atoms with Crippen LogP contribution < -0.4 is 9.80 Å². The summed E-state index contributed by atoms with van der Waals surface area (Å²) in [7, 11) is 0. The molecule has 2 fully saturated rings. The van der Waals surface area contributed by atoms with Gasteiger partial charge in [0.25, 0.3) is 0 Å². The molecule has 1 aliphatic carbocycles. The highest BCUT2D eigenvalue weighted by atomic mass is 19.1. The number of anilines is 2. The first-order chi connectivity index (χ1) is 17.0. The smallest absolute Gasteiger partial charge is 0.325 e. The summed E-state index contributed by atoms with van der Waals surface area (Å²) in [4.78, 5) is 20.0. The molecule has 1 saturated heterocycles. The van der Waals surface area contributed by atoms with Crippen molar-refractivity contribution in [2.24, 2.45) is 0 Å². The van der Waals surface area contributed by atoms with E-state index in [1.165, 1.54) is 30.0 Å². The minimum atomic E-state index is -0.174. The van der Waals surface area contributed by atoms with Gasteiger partial charge < -0.3 is 9.80 Å². The van der Waals surface area contributed by atoms with E-state index in [2.05, 4.69) is 46.3 Å². The average Bonchev–Trinajstić information content (AvgIpc) is 3.58. The summed E-state index contributed by atoms with van der Waals surface area (Å²) in [5.41, 5.74) is 6.02. The standard InChI is InChI=1S/C28H32FN5O/c1-18-6-5-9-24(29)27(18)32-14-12-22(13-15-32)34-19(2)26-25(16-30-31-26)33(28(34)35)17-21-7-3-4-8-23(21)20-10-11-20/h3-9,16,19-20,22H,10-15,17H2,1-2H3,(H,30,31). The van der Waals surface area contributed by atoms with E-state index in [1.807, 2.05) is 29.0 Å². The summed E-state index contributed by atoms with van der Waals surface area (Å²) in [5.74, 6) is 0.448. The van der Waals surface area contributed by atoms with E-state index < -0.39 is 0 Å². The molecule has 1 saturated carbocycles. The number of carbonyl (C=O) groups excluding carboxylic acids is 1. The third kappa shape index (κ3) is 3.87. The molecule has 2 aromatic carbocycles. The zero-order valence-corrected chi connectivity index (χ0v) is 20.4.